The molecule has 6 nitrogen and oxygen atoms in total. The van der Waals surface area contributed by atoms with E-state index in [0.717, 1.165) is 66.7 Å². The molecule has 0 aliphatic rings. The Bertz CT molecular complexity index is 1050. The van der Waals surface area contributed by atoms with Gasteiger partial charge in [0.2, 0.25) is 0 Å². The Balaban J connectivity index is 1.96. The minimum atomic E-state index is 0.672. The van der Waals surface area contributed by atoms with Crippen LogP contribution in [0.15, 0.2) is 30.3 Å². The van der Waals surface area contributed by atoms with Crippen LogP contribution >= 0.6 is 0 Å². The van der Waals surface area contributed by atoms with Gasteiger partial charge < -0.3 is 16.5 Å². The van der Waals surface area contributed by atoms with Gasteiger partial charge >= 0.3 is 0 Å². The highest BCUT2D eigenvalue weighted by Gasteiger charge is 2.20. The predicted molar refractivity (Wildman–Crippen MR) is 145 cm³/mol. The number of rotatable bonds is 15. The molecule has 6 heteroatoms. The van der Waals surface area contributed by atoms with Crippen LogP contribution in [0.25, 0.3) is 16.7 Å². The second-order valence-electron chi connectivity index (χ2n) is 9.53. The van der Waals surface area contributed by atoms with Crippen molar-refractivity contribution < 1.29 is 0 Å². The number of hydrogen-bond acceptors (Lipinski definition) is 5. The van der Waals surface area contributed by atoms with Crippen LogP contribution in [-0.2, 0) is 6.42 Å². The molecule has 3 rings (SSSR count). The van der Waals surface area contributed by atoms with E-state index >= 15 is 0 Å². The molecule has 0 bridgehead atoms. The van der Waals surface area contributed by atoms with E-state index < -0.39 is 0 Å². The summed E-state index contributed by atoms with van der Waals surface area (Å²) in [4.78, 5) is 0. The van der Waals surface area contributed by atoms with E-state index in [0.29, 0.717) is 5.92 Å². The van der Waals surface area contributed by atoms with Crippen molar-refractivity contribution >= 4 is 22.9 Å². The van der Waals surface area contributed by atoms with E-state index in [-0.39, 0.29) is 0 Å². The summed E-state index contributed by atoms with van der Waals surface area (Å²) in [6.45, 7) is 8.42. The minimum Gasteiger partial charge on any atom is -0.384 e. The van der Waals surface area contributed by atoms with Crippen LogP contribution < -0.4 is 11.1 Å². The van der Waals surface area contributed by atoms with Crippen LogP contribution in [-0.4, -0.2) is 34.3 Å². The highest BCUT2D eigenvalue weighted by molar-refractivity contribution is 5.93. The van der Waals surface area contributed by atoms with Crippen LogP contribution in [0.3, 0.4) is 0 Å². The second kappa shape index (κ2) is 13.2. The van der Waals surface area contributed by atoms with Gasteiger partial charge in [-0.1, -0.05) is 56.9 Å². The Kier molecular flexibility index (Phi) is 10.1. The number of fused-ring (bicyclic) bond motifs is 1. The number of unbranched alkanes of at least 4 members (excludes halogenated alkanes) is 3. The summed E-state index contributed by atoms with van der Waals surface area (Å²) in [6, 6.07) is 10.3. The first-order chi connectivity index (χ1) is 16.6. The quantitative estimate of drug-likeness (QED) is 0.179. The van der Waals surface area contributed by atoms with E-state index in [2.05, 4.69) is 48.5 Å². The van der Waals surface area contributed by atoms with Gasteiger partial charge in [0, 0.05) is 24.0 Å². The lowest BCUT2D eigenvalue weighted by Crippen LogP contribution is -2.13. The van der Waals surface area contributed by atoms with Crippen LogP contribution in [0.1, 0.15) is 81.9 Å². The average molecular weight is 463 g/mol. The van der Waals surface area contributed by atoms with Crippen LogP contribution in [0, 0.1) is 18.3 Å². The van der Waals surface area contributed by atoms with E-state index in [4.69, 9.17) is 11.1 Å². The number of anilines is 1. The highest BCUT2D eigenvalue weighted by Crippen LogP contribution is 2.32. The van der Waals surface area contributed by atoms with Gasteiger partial charge in [-0.15, -0.1) is 5.10 Å². The van der Waals surface area contributed by atoms with Gasteiger partial charge in [0.25, 0.3) is 0 Å². The molecule has 1 unspecified atom stereocenters. The summed E-state index contributed by atoms with van der Waals surface area (Å²) >= 11 is 0. The molecule has 3 aromatic rings. The SMILES string of the molecule is CCCCCCNc1cc(C)c(CCCC(C)CCCN)c(-n2nnc3ccccc32)c1C=N. The third kappa shape index (κ3) is 6.44. The average Bonchev–Trinajstić information content (AvgIpc) is 3.27. The number of nitrogens with one attached hydrogen (secondary N) is 2. The van der Waals surface area contributed by atoms with Crippen LogP contribution in [0.4, 0.5) is 5.69 Å². The molecule has 0 fully saturated rings. The lowest BCUT2D eigenvalue weighted by molar-refractivity contribution is 0.462. The zero-order valence-corrected chi connectivity index (χ0v) is 21.2. The Morgan fingerprint density at radius 3 is 2.68 bits per heavy atom. The van der Waals surface area contributed by atoms with Crippen molar-refractivity contribution in [3.05, 3.63) is 47.0 Å². The van der Waals surface area contributed by atoms with Gasteiger partial charge in [0.05, 0.1) is 11.2 Å². The van der Waals surface area contributed by atoms with Gasteiger partial charge in [-0.25, -0.2) is 4.68 Å². The molecule has 0 saturated carbocycles. The Labute approximate surface area is 204 Å². The molecule has 0 spiro atoms. The predicted octanol–water partition coefficient (Wildman–Crippen LogP) is 6.42. The lowest BCUT2D eigenvalue weighted by Gasteiger charge is -2.21. The standard InChI is InChI=1S/C28H42N6/c1-4-5-6-9-18-31-26-19-22(3)23(14-10-12-21(2)13-11-17-29)28(24(26)20-30)34-27-16-8-7-15-25(27)32-33-34/h7-8,15-16,19-21,30-31H,4-6,9-14,17-18,29H2,1-3H3. The number of para-hydroxylation sites is 1. The number of hydrogen-bond donors (Lipinski definition) is 3. The maximum absolute atomic E-state index is 8.33. The molecule has 2 aromatic carbocycles. The molecule has 0 radical (unpaired) electrons. The first-order valence-electron chi connectivity index (χ1n) is 13.0. The Hall–Kier alpha value is -2.73. The molecule has 0 aliphatic heterocycles. The third-order valence-corrected chi connectivity index (χ3v) is 6.75. The lowest BCUT2D eigenvalue weighted by atomic mass is 9.92. The van der Waals surface area contributed by atoms with Crippen molar-refractivity contribution in [2.24, 2.45) is 11.7 Å². The summed E-state index contributed by atoms with van der Waals surface area (Å²) in [5.41, 5.74) is 12.9. The molecule has 0 aliphatic carbocycles. The fourth-order valence-corrected chi connectivity index (χ4v) is 4.75. The molecule has 0 saturated heterocycles. The summed E-state index contributed by atoms with van der Waals surface area (Å²) in [5, 5.41) is 20.9. The van der Waals surface area contributed by atoms with Gasteiger partial charge in [0.15, 0.2) is 0 Å². The topological polar surface area (TPSA) is 92.6 Å². The van der Waals surface area contributed by atoms with Crippen molar-refractivity contribution in [2.45, 2.75) is 78.6 Å². The molecule has 4 N–H and O–H groups in total. The van der Waals surface area contributed by atoms with Gasteiger partial charge in [-0.3, -0.25) is 0 Å². The zero-order chi connectivity index (χ0) is 24.3. The monoisotopic (exact) mass is 462 g/mol. The molecule has 184 valence electrons. The number of aryl methyl sites for hydroxylation is 1. The molecule has 1 heterocycles. The van der Waals surface area contributed by atoms with Crippen LogP contribution in [0.5, 0.6) is 0 Å². The molecule has 34 heavy (non-hydrogen) atoms. The van der Waals surface area contributed by atoms with E-state index in [9.17, 15) is 0 Å². The van der Waals surface area contributed by atoms with Gasteiger partial charge in [-0.2, -0.15) is 0 Å². The molecule has 0 amide bonds. The molecule has 1 atom stereocenters. The third-order valence-electron chi connectivity index (χ3n) is 6.75. The van der Waals surface area contributed by atoms with Crippen molar-refractivity contribution in [1.82, 2.24) is 15.0 Å². The van der Waals surface area contributed by atoms with Crippen molar-refractivity contribution in [2.75, 3.05) is 18.4 Å². The largest absolute Gasteiger partial charge is 0.384 e. The fraction of sp³-hybridized carbons (Fsp3) is 0.536. The van der Waals surface area contributed by atoms with Crippen molar-refractivity contribution in [1.29, 1.82) is 5.41 Å². The summed E-state index contributed by atoms with van der Waals surface area (Å²) in [7, 11) is 0. The maximum atomic E-state index is 8.33. The Morgan fingerprint density at radius 1 is 1.12 bits per heavy atom. The van der Waals surface area contributed by atoms with E-state index in [1.807, 2.05) is 22.9 Å². The normalized spacial score (nSPS) is 12.2. The molecular weight excluding hydrogens is 420 g/mol. The number of aromatic nitrogens is 3. The highest BCUT2D eigenvalue weighted by atomic mass is 15.4. The first kappa shape index (κ1) is 25.9. The van der Waals surface area contributed by atoms with E-state index in [1.54, 1.807) is 0 Å². The maximum Gasteiger partial charge on any atom is 0.113 e. The van der Waals surface area contributed by atoms with Gasteiger partial charge in [0.1, 0.15) is 5.52 Å². The van der Waals surface area contributed by atoms with Crippen molar-refractivity contribution in [3.63, 3.8) is 0 Å². The smallest absolute Gasteiger partial charge is 0.113 e. The fourth-order valence-electron chi connectivity index (χ4n) is 4.75. The number of nitrogens with zero attached hydrogens (tertiary/aromatic N) is 3. The zero-order valence-electron chi connectivity index (χ0n) is 21.2. The molecule has 1 aromatic heterocycles. The second-order valence-corrected chi connectivity index (χ2v) is 9.53. The minimum absolute atomic E-state index is 0.672. The van der Waals surface area contributed by atoms with Gasteiger partial charge in [-0.05, 0) is 80.8 Å². The van der Waals surface area contributed by atoms with Crippen LogP contribution in [0.2, 0.25) is 0 Å². The summed E-state index contributed by atoms with van der Waals surface area (Å²) in [5.74, 6) is 0.672. The molecular formula is C28H42N6. The van der Waals surface area contributed by atoms with Crippen molar-refractivity contribution in [3.8, 4) is 5.69 Å². The summed E-state index contributed by atoms with van der Waals surface area (Å²) in [6.07, 6.45) is 11.8. The first-order valence-corrected chi connectivity index (χ1v) is 13.0. The number of benzene rings is 2. The number of nitrogens with two attached hydrogens (primary N) is 1. The Morgan fingerprint density at radius 2 is 1.91 bits per heavy atom. The van der Waals surface area contributed by atoms with E-state index in [1.165, 1.54) is 49.4 Å². The summed E-state index contributed by atoms with van der Waals surface area (Å²) < 4.78 is 1.94.